The van der Waals surface area contributed by atoms with Crippen LogP contribution in [-0.4, -0.2) is 15.0 Å². The van der Waals surface area contributed by atoms with E-state index in [2.05, 4.69) is 140 Å². The van der Waals surface area contributed by atoms with Gasteiger partial charge in [-0.25, -0.2) is 15.0 Å². The first kappa shape index (κ1) is 38.2. The van der Waals surface area contributed by atoms with Gasteiger partial charge in [0.15, 0.2) is 17.5 Å². The summed E-state index contributed by atoms with van der Waals surface area (Å²) in [6.07, 6.45) is 7.83. The van der Waals surface area contributed by atoms with Gasteiger partial charge >= 0.3 is 0 Å². The Kier molecular flexibility index (Phi) is 8.77. The molecular formula is C60H44N4S. The Morgan fingerprint density at radius 3 is 1.58 bits per heavy atom. The van der Waals surface area contributed by atoms with Gasteiger partial charge in [0.25, 0.3) is 0 Å². The number of rotatable bonds is 7. The van der Waals surface area contributed by atoms with Crippen molar-refractivity contribution >= 4 is 42.3 Å². The largest absolute Gasteiger partial charge is 0.208 e. The highest BCUT2D eigenvalue weighted by Gasteiger charge is 2.58. The van der Waals surface area contributed by atoms with Crippen LogP contribution in [0.1, 0.15) is 55.2 Å². The lowest BCUT2D eigenvalue weighted by Gasteiger charge is -2.63. The van der Waals surface area contributed by atoms with Crippen LogP contribution in [0.15, 0.2) is 182 Å². The maximum absolute atomic E-state index is 9.75. The number of benzene rings is 8. The molecule has 4 aliphatic rings. The highest BCUT2D eigenvalue weighted by molar-refractivity contribution is 7.25. The van der Waals surface area contributed by atoms with E-state index < -0.39 is 0 Å². The van der Waals surface area contributed by atoms with Gasteiger partial charge in [-0.1, -0.05) is 152 Å². The molecule has 0 aliphatic heterocycles. The van der Waals surface area contributed by atoms with Gasteiger partial charge in [0.1, 0.15) is 0 Å². The molecule has 5 heteroatoms. The molecule has 0 spiro atoms. The van der Waals surface area contributed by atoms with Crippen LogP contribution < -0.4 is 0 Å². The molecule has 4 aliphatic carbocycles. The number of nitrogens with zero attached hydrogens (tertiary/aromatic N) is 4. The topological polar surface area (TPSA) is 62.5 Å². The second-order valence-corrected chi connectivity index (χ2v) is 20.1. The van der Waals surface area contributed by atoms with Crippen molar-refractivity contribution in [1.29, 1.82) is 5.26 Å². The molecule has 0 radical (unpaired) electrons. The molecule has 8 aromatic carbocycles. The zero-order chi connectivity index (χ0) is 43.1. The van der Waals surface area contributed by atoms with Crippen molar-refractivity contribution in [3.05, 3.63) is 199 Å². The Morgan fingerprint density at radius 2 is 0.969 bits per heavy atom. The van der Waals surface area contributed by atoms with E-state index in [1.54, 1.807) is 0 Å². The second kappa shape index (κ2) is 14.9. The van der Waals surface area contributed by atoms with Gasteiger partial charge in [0, 0.05) is 42.2 Å². The molecule has 2 unspecified atom stereocenters. The van der Waals surface area contributed by atoms with Gasteiger partial charge in [0.2, 0.25) is 0 Å². The van der Waals surface area contributed by atoms with Crippen molar-refractivity contribution in [3.8, 4) is 62.5 Å². The van der Waals surface area contributed by atoms with Crippen LogP contribution in [0.2, 0.25) is 0 Å². The molecule has 0 saturated heterocycles. The maximum Gasteiger partial charge on any atom is 0.164 e. The highest BCUT2D eigenvalue weighted by Crippen LogP contribution is 2.66. The summed E-state index contributed by atoms with van der Waals surface area (Å²) in [5.74, 6) is 3.56. The Morgan fingerprint density at radius 1 is 0.431 bits per heavy atom. The molecule has 310 valence electrons. The van der Waals surface area contributed by atoms with Crippen molar-refractivity contribution in [3.63, 3.8) is 0 Å². The van der Waals surface area contributed by atoms with Crippen LogP contribution in [0.25, 0.3) is 87.4 Å². The molecule has 2 aromatic heterocycles. The van der Waals surface area contributed by atoms with E-state index in [0.29, 0.717) is 17.5 Å². The first-order valence-corrected chi connectivity index (χ1v) is 23.8. The van der Waals surface area contributed by atoms with Gasteiger partial charge in [-0.2, -0.15) is 5.26 Å². The molecule has 2 atom stereocenters. The van der Waals surface area contributed by atoms with Crippen molar-refractivity contribution in [2.45, 2.75) is 49.4 Å². The number of hydrogen-bond acceptors (Lipinski definition) is 5. The summed E-state index contributed by atoms with van der Waals surface area (Å²) in [5, 5.41) is 14.4. The minimum absolute atomic E-state index is 0.220. The lowest BCUT2D eigenvalue weighted by molar-refractivity contribution is -0.0281. The number of thiophene rings is 1. The minimum atomic E-state index is 0.220. The molecule has 4 saturated carbocycles. The maximum atomic E-state index is 9.75. The fourth-order valence-electron chi connectivity index (χ4n) is 12.6. The van der Waals surface area contributed by atoms with Crippen molar-refractivity contribution < 1.29 is 0 Å². The first-order chi connectivity index (χ1) is 32.0. The Bertz CT molecular complexity index is 3440. The quantitative estimate of drug-likeness (QED) is 0.160. The smallest absolute Gasteiger partial charge is 0.164 e. The van der Waals surface area contributed by atoms with Crippen molar-refractivity contribution in [2.24, 2.45) is 11.8 Å². The molecule has 65 heavy (non-hydrogen) atoms. The fourth-order valence-corrected chi connectivity index (χ4v) is 13.8. The number of fused-ring (bicyclic) bond motifs is 4. The van der Waals surface area contributed by atoms with E-state index in [1.807, 2.05) is 59.9 Å². The summed E-state index contributed by atoms with van der Waals surface area (Å²) < 4.78 is 2.54. The average Bonchev–Trinajstić information content (AvgIpc) is 3.73. The number of nitriles is 1. The fraction of sp³-hybridized carbons (Fsp3) is 0.167. The lowest BCUT2D eigenvalue weighted by atomic mass is 9.41. The molecule has 10 aromatic rings. The second-order valence-electron chi connectivity index (χ2n) is 19.1. The van der Waals surface area contributed by atoms with E-state index in [1.165, 1.54) is 92.1 Å². The van der Waals surface area contributed by atoms with Crippen LogP contribution in [0.4, 0.5) is 0 Å². The standard InChI is InChI=1S/C60H44N4S/c61-36-46-20-26-50(51-14-8-7-13-49(46)51)41-17-24-48(25-18-41)60-34-38-29-39(35-60)33-59(32-38,37-60)47-22-15-40(16-23-47)44-19-27-52-53-30-45(21-28-54(53)65-55(52)31-44)58-63-56(42-9-3-1-4-10-42)62-57(64-58)43-11-5-2-6-12-43/h1-28,30-31,38-39H,29,32-35,37H2. The Hall–Kier alpha value is -7.26. The predicted octanol–water partition coefficient (Wildman–Crippen LogP) is 15.4. The summed E-state index contributed by atoms with van der Waals surface area (Å²) in [4.78, 5) is 14.9. The van der Waals surface area contributed by atoms with Crippen LogP contribution >= 0.6 is 11.3 Å². The third-order valence-corrected chi connectivity index (χ3v) is 16.3. The summed E-state index contributed by atoms with van der Waals surface area (Å²) in [6, 6.07) is 68.0. The third-order valence-electron chi connectivity index (χ3n) is 15.2. The van der Waals surface area contributed by atoms with E-state index in [0.717, 1.165) is 44.9 Å². The minimum Gasteiger partial charge on any atom is -0.208 e. The lowest BCUT2D eigenvalue weighted by Crippen LogP contribution is -2.55. The molecular weight excluding hydrogens is 809 g/mol. The van der Waals surface area contributed by atoms with E-state index >= 15 is 0 Å². The number of aromatic nitrogens is 3. The summed E-state index contributed by atoms with van der Waals surface area (Å²) in [5.41, 5.74) is 12.1. The summed E-state index contributed by atoms with van der Waals surface area (Å²) in [7, 11) is 0. The normalized spacial score (nSPS) is 21.0. The van der Waals surface area contributed by atoms with Gasteiger partial charge in [0.05, 0.1) is 11.6 Å². The third kappa shape index (κ3) is 6.42. The summed E-state index contributed by atoms with van der Waals surface area (Å²) in [6.45, 7) is 0. The van der Waals surface area contributed by atoms with Crippen LogP contribution in [0.3, 0.4) is 0 Å². The average molecular weight is 853 g/mol. The molecule has 0 amide bonds. The molecule has 0 N–H and O–H groups in total. The molecule has 4 bridgehead atoms. The van der Waals surface area contributed by atoms with Gasteiger partial charge < -0.3 is 0 Å². The molecule has 4 fully saturated rings. The van der Waals surface area contributed by atoms with Crippen molar-refractivity contribution in [2.75, 3.05) is 0 Å². The van der Waals surface area contributed by atoms with E-state index in [4.69, 9.17) is 15.0 Å². The van der Waals surface area contributed by atoms with Crippen molar-refractivity contribution in [1.82, 2.24) is 15.0 Å². The van der Waals surface area contributed by atoms with E-state index in [9.17, 15) is 5.26 Å². The first-order valence-electron chi connectivity index (χ1n) is 23.0. The zero-order valence-electron chi connectivity index (χ0n) is 35.9. The molecule has 14 rings (SSSR count). The predicted molar refractivity (Wildman–Crippen MR) is 267 cm³/mol. The zero-order valence-corrected chi connectivity index (χ0v) is 36.7. The monoisotopic (exact) mass is 852 g/mol. The van der Waals surface area contributed by atoms with Gasteiger partial charge in [-0.3, -0.25) is 0 Å². The van der Waals surface area contributed by atoms with Crippen LogP contribution in [0, 0.1) is 23.2 Å². The van der Waals surface area contributed by atoms with Gasteiger partial charge in [-0.15, -0.1) is 11.3 Å². The van der Waals surface area contributed by atoms with E-state index in [-0.39, 0.29) is 10.8 Å². The SMILES string of the molecule is N#Cc1ccc(-c2ccc(C34CC5CC(CC(c6ccc(-c7ccc8c(c7)sc7ccc(-c9nc(-c%10ccccc%10)nc(-c%10ccccc%10)n9)cc78)cc6)(C5)C3)C4)cc2)c2ccccc12. The van der Waals surface area contributed by atoms with Crippen LogP contribution in [-0.2, 0) is 10.8 Å². The van der Waals surface area contributed by atoms with Crippen LogP contribution in [0.5, 0.6) is 0 Å². The highest BCUT2D eigenvalue weighted by atomic mass is 32.1. The Labute approximate surface area is 383 Å². The Balaban J connectivity index is 0.791. The number of hydrogen-bond donors (Lipinski definition) is 0. The molecule has 4 nitrogen and oxygen atoms in total. The summed E-state index contributed by atoms with van der Waals surface area (Å²) >= 11 is 1.85. The van der Waals surface area contributed by atoms with Gasteiger partial charge in [-0.05, 0) is 130 Å². The molecule has 2 heterocycles.